The molecule has 5 atom stereocenters. The Morgan fingerprint density at radius 3 is 2.36 bits per heavy atom. The molecule has 0 amide bonds. The van der Waals surface area contributed by atoms with Crippen LogP contribution in [0.5, 0.6) is 5.75 Å². The van der Waals surface area contributed by atoms with Crippen molar-refractivity contribution in [1.29, 1.82) is 0 Å². The second-order valence-electron chi connectivity index (χ2n) is 7.41. The molecule has 3 rings (SSSR count). The molecule has 2 saturated heterocycles. The first-order chi connectivity index (χ1) is 13.5. The van der Waals surface area contributed by atoms with Gasteiger partial charge in [0.1, 0.15) is 30.2 Å². The Kier molecular flexibility index (Phi) is 7.39. The summed E-state index contributed by atoms with van der Waals surface area (Å²) in [5, 5.41) is 38.8. The molecule has 0 saturated carbocycles. The molecule has 1 aromatic rings. The van der Waals surface area contributed by atoms with E-state index in [0.717, 1.165) is 19.6 Å². The van der Waals surface area contributed by atoms with E-state index in [0.29, 0.717) is 17.7 Å². The first-order valence-electron chi connectivity index (χ1n) is 9.82. The van der Waals surface area contributed by atoms with Gasteiger partial charge in [0.25, 0.3) is 0 Å². The van der Waals surface area contributed by atoms with E-state index in [1.165, 1.54) is 19.3 Å². The van der Waals surface area contributed by atoms with Gasteiger partial charge in [-0.3, -0.25) is 4.79 Å². The summed E-state index contributed by atoms with van der Waals surface area (Å²) in [7, 11) is 0. The second-order valence-corrected chi connectivity index (χ2v) is 7.41. The van der Waals surface area contributed by atoms with Crippen LogP contribution in [0, 0.1) is 0 Å². The molecule has 0 aromatic heterocycles. The molecular formula is C20H29NO7. The SMILES string of the molecule is O=C(CCN1CCCCC1)c1ccc(O[C@@H]2O[C@H](CO)[C@@H](O)[C@H](O)[C@H]2O)cc1. The standard InChI is InChI=1S/C20H29NO7/c22-12-16-17(24)18(25)19(26)20(28-16)27-14-6-4-13(5-7-14)15(23)8-11-21-9-2-1-3-10-21/h4-7,16-20,22,24-26H,1-3,8-12H2/t16-,17-,18+,19-,20-/m1/s1. The lowest BCUT2D eigenvalue weighted by Crippen LogP contribution is -2.60. The van der Waals surface area contributed by atoms with E-state index in [1.54, 1.807) is 24.3 Å². The number of carbonyl (C=O) groups excluding carboxylic acids is 1. The Balaban J connectivity index is 1.54. The van der Waals surface area contributed by atoms with Crippen molar-refractivity contribution >= 4 is 5.78 Å². The number of ether oxygens (including phenoxy) is 2. The molecule has 0 bridgehead atoms. The van der Waals surface area contributed by atoms with Gasteiger partial charge in [-0.2, -0.15) is 0 Å². The van der Waals surface area contributed by atoms with Crippen molar-refractivity contribution in [3.63, 3.8) is 0 Å². The average molecular weight is 395 g/mol. The van der Waals surface area contributed by atoms with Crippen LogP contribution in [-0.4, -0.2) is 88.1 Å². The molecule has 2 aliphatic heterocycles. The monoisotopic (exact) mass is 395 g/mol. The van der Waals surface area contributed by atoms with E-state index in [-0.39, 0.29) is 5.78 Å². The van der Waals surface area contributed by atoms with Gasteiger partial charge < -0.3 is 34.8 Å². The minimum absolute atomic E-state index is 0.0602. The molecule has 0 aliphatic carbocycles. The van der Waals surface area contributed by atoms with E-state index in [1.807, 2.05) is 0 Å². The summed E-state index contributed by atoms with van der Waals surface area (Å²) in [5.74, 6) is 0.405. The Labute approximate surface area is 164 Å². The van der Waals surface area contributed by atoms with Gasteiger partial charge in [0.05, 0.1) is 6.61 Å². The highest BCUT2D eigenvalue weighted by molar-refractivity contribution is 5.96. The van der Waals surface area contributed by atoms with Gasteiger partial charge in [0.15, 0.2) is 5.78 Å². The smallest absolute Gasteiger partial charge is 0.229 e. The lowest BCUT2D eigenvalue weighted by atomic mass is 9.99. The fourth-order valence-corrected chi connectivity index (χ4v) is 3.61. The van der Waals surface area contributed by atoms with Gasteiger partial charge in [0.2, 0.25) is 6.29 Å². The summed E-state index contributed by atoms with van der Waals surface area (Å²) in [6.07, 6.45) is -2.55. The minimum atomic E-state index is -1.49. The number of hydrogen-bond donors (Lipinski definition) is 4. The number of hydrogen-bond acceptors (Lipinski definition) is 8. The van der Waals surface area contributed by atoms with Gasteiger partial charge in [0, 0.05) is 18.5 Å². The topological polar surface area (TPSA) is 120 Å². The second kappa shape index (κ2) is 9.78. The van der Waals surface area contributed by atoms with Gasteiger partial charge in [-0.15, -0.1) is 0 Å². The van der Waals surface area contributed by atoms with Crippen molar-refractivity contribution in [2.45, 2.75) is 56.4 Å². The number of aliphatic hydroxyl groups is 4. The molecule has 28 heavy (non-hydrogen) atoms. The maximum atomic E-state index is 12.4. The number of piperidine rings is 1. The molecule has 2 fully saturated rings. The fraction of sp³-hybridized carbons (Fsp3) is 0.650. The first-order valence-corrected chi connectivity index (χ1v) is 9.82. The lowest BCUT2D eigenvalue weighted by Gasteiger charge is -2.39. The molecule has 1 aromatic carbocycles. The maximum Gasteiger partial charge on any atom is 0.229 e. The van der Waals surface area contributed by atoms with Crippen LogP contribution in [0.1, 0.15) is 36.0 Å². The predicted molar refractivity (Wildman–Crippen MR) is 100 cm³/mol. The zero-order valence-electron chi connectivity index (χ0n) is 15.8. The summed E-state index contributed by atoms with van der Waals surface area (Å²) in [6.45, 7) is 2.36. The number of aliphatic hydroxyl groups excluding tert-OH is 4. The fourth-order valence-electron chi connectivity index (χ4n) is 3.61. The van der Waals surface area contributed by atoms with E-state index >= 15 is 0 Å². The number of benzene rings is 1. The van der Waals surface area contributed by atoms with Crippen LogP contribution in [0.15, 0.2) is 24.3 Å². The quantitative estimate of drug-likeness (QED) is 0.474. The number of nitrogens with zero attached hydrogens (tertiary/aromatic N) is 1. The third-order valence-electron chi connectivity index (χ3n) is 5.38. The van der Waals surface area contributed by atoms with Crippen LogP contribution in [0.2, 0.25) is 0 Å². The normalized spacial score (nSPS) is 31.5. The zero-order chi connectivity index (χ0) is 20.1. The number of likely N-dealkylation sites (tertiary alicyclic amines) is 1. The van der Waals surface area contributed by atoms with Crippen LogP contribution in [0.25, 0.3) is 0 Å². The maximum absolute atomic E-state index is 12.4. The van der Waals surface area contributed by atoms with Gasteiger partial charge in [-0.1, -0.05) is 6.42 Å². The summed E-state index contributed by atoms with van der Waals surface area (Å²) in [6, 6.07) is 6.49. The average Bonchev–Trinajstić information content (AvgIpc) is 2.73. The Hall–Kier alpha value is -1.55. The van der Waals surface area contributed by atoms with Gasteiger partial charge >= 0.3 is 0 Å². The molecule has 0 spiro atoms. The molecule has 156 valence electrons. The molecule has 2 aliphatic rings. The van der Waals surface area contributed by atoms with Crippen LogP contribution in [0.4, 0.5) is 0 Å². The van der Waals surface area contributed by atoms with Crippen molar-refractivity contribution in [3.05, 3.63) is 29.8 Å². The number of ketones is 1. The Morgan fingerprint density at radius 1 is 1.04 bits per heavy atom. The molecule has 4 N–H and O–H groups in total. The minimum Gasteiger partial charge on any atom is -0.462 e. The third-order valence-corrected chi connectivity index (χ3v) is 5.38. The van der Waals surface area contributed by atoms with Crippen molar-refractivity contribution in [2.24, 2.45) is 0 Å². The summed E-state index contributed by atoms with van der Waals surface area (Å²) in [4.78, 5) is 14.7. The van der Waals surface area contributed by atoms with E-state index in [4.69, 9.17) is 9.47 Å². The Morgan fingerprint density at radius 2 is 1.71 bits per heavy atom. The van der Waals surface area contributed by atoms with Crippen molar-refractivity contribution < 1.29 is 34.7 Å². The van der Waals surface area contributed by atoms with E-state index in [2.05, 4.69) is 4.90 Å². The summed E-state index contributed by atoms with van der Waals surface area (Å²) >= 11 is 0. The summed E-state index contributed by atoms with van der Waals surface area (Å²) in [5.41, 5.74) is 0.582. The highest BCUT2D eigenvalue weighted by Crippen LogP contribution is 2.24. The molecule has 8 heteroatoms. The Bertz CT molecular complexity index is 630. The van der Waals surface area contributed by atoms with E-state index in [9.17, 15) is 25.2 Å². The largest absolute Gasteiger partial charge is 0.462 e. The van der Waals surface area contributed by atoms with Crippen LogP contribution < -0.4 is 4.74 Å². The first kappa shape index (κ1) is 21.2. The number of Topliss-reactive ketones (excluding diaryl/α,β-unsaturated/α-hetero) is 1. The van der Waals surface area contributed by atoms with Crippen molar-refractivity contribution in [3.8, 4) is 5.75 Å². The molecule has 2 heterocycles. The van der Waals surface area contributed by atoms with Crippen molar-refractivity contribution in [1.82, 2.24) is 4.90 Å². The highest BCUT2D eigenvalue weighted by Gasteiger charge is 2.44. The predicted octanol–water partition coefficient (Wildman–Crippen LogP) is -0.0760. The molecular weight excluding hydrogens is 366 g/mol. The summed E-state index contributed by atoms with van der Waals surface area (Å²) < 4.78 is 10.8. The highest BCUT2D eigenvalue weighted by atomic mass is 16.7. The van der Waals surface area contributed by atoms with Crippen molar-refractivity contribution in [2.75, 3.05) is 26.2 Å². The van der Waals surface area contributed by atoms with Gasteiger partial charge in [-0.25, -0.2) is 0 Å². The third kappa shape index (κ3) is 5.08. The lowest BCUT2D eigenvalue weighted by molar-refractivity contribution is -0.277. The molecule has 8 nitrogen and oxygen atoms in total. The van der Waals surface area contributed by atoms with Crippen LogP contribution >= 0.6 is 0 Å². The number of rotatable bonds is 7. The zero-order valence-corrected chi connectivity index (χ0v) is 15.8. The molecule has 0 unspecified atom stereocenters. The van der Waals surface area contributed by atoms with Crippen LogP contribution in [0.3, 0.4) is 0 Å². The molecule has 0 radical (unpaired) electrons. The number of carbonyl (C=O) groups is 1. The van der Waals surface area contributed by atoms with Gasteiger partial charge in [-0.05, 0) is 50.2 Å². The van der Waals surface area contributed by atoms with E-state index < -0.39 is 37.3 Å². The van der Waals surface area contributed by atoms with Crippen LogP contribution in [-0.2, 0) is 4.74 Å².